The van der Waals surface area contributed by atoms with Gasteiger partial charge in [0, 0.05) is 47.0 Å². The Bertz CT molecular complexity index is 1130. The van der Waals surface area contributed by atoms with E-state index in [0.717, 1.165) is 22.5 Å². The molecule has 4 rings (SSSR count). The largest absolute Gasteiger partial charge is 0.348 e. The summed E-state index contributed by atoms with van der Waals surface area (Å²) in [4.78, 5) is 25.2. The molecule has 2 aromatic heterocycles. The zero-order valence-electron chi connectivity index (χ0n) is 15.9. The molecule has 0 bridgehead atoms. The predicted molar refractivity (Wildman–Crippen MR) is 118 cm³/mol. The summed E-state index contributed by atoms with van der Waals surface area (Å²) in [6.45, 7) is 0.429. The molecule has 0 saturated carbocycles. The van der Waals surface area contributed by atoms with Gasteiger partial charge in [0.25, 0.3) is 5.91 Å². The summed E-state index contributed by atoms with van der Waals surface area (Å²) >= 11 is 5.95. The molecule has 2 heterocycles. The van der Waals surface area contributed by atoms with Gasteiger partial charge in [-0.2, -0.15) is 0 Å². The van der Waals surface area contributed by atoms with Gasteiger partial charge in [0.15, 0.2) is 0 Å². The second-order valence-electron chi connectivity index (χ2n) is 6.52. The summed E-state index contributed by atoms with van der Waals surface area (Å²) in [5.41, 5.74) is 4.04. The van der Waals surface area contributed by atoms with Gasteiger partial charge in [-0.05, 0) is 54.1 Å². The van der Waals surface area contributed by atoms with Gasteiger partial charge >= 0.3 is 0 Å². The minimum absolute atomic E-state index is 0.147. The molecule has 148 valence electrons. The van der Waals surface area contributed by atoms with Gasteiger partial charge in [-0.15, -0.1) is 0 Å². The van der Waals surface area contributed by atoms with E-state index in [2.05, 4.69) is 25.6 Å². The third-order valence-corrected chi connectivity index (χ3v) is 4.63. The Hall–Kier alpha value is -3.77. The smallest absolute Gasteiger partial charge is 0.251 e. The zero-order chi connectivity index (χ0) is 20.8. The van der Waals surface area contributed by atoms with Gasteiger partial charge in [0.1, 0.15) is 0 Å². The van der Waals surface area contributed by atoms with Crippen molar-refractivity contribution < 1.29 is 4.79 Å². The summed E-state index contributed by atoms with van der Waals surface area (Å²) in [7, 11) is 0. The molecule has 6 nitrogen and oxygen atoms in total. The fourth-order valence-electron chi connectivity index (χ4n) is 2.82. The molecule has 2 aromatic carbocycles. The van der Waals surface area contributed by atoms with Crippen LogP contribution < -0.4 is 10.6 Å². The Labute approximate surface area is 179 Å². The van der Waals surface area contributed by atoms with Crippen molar-refractivity contribution in [3.05, 3.63) is 101 Å². The van der Waals surface area contributed by atoms with Crippen LogP contribution >= 0.6 is 11.6 Å². The molecule has 0 fully saturated rings. The number of carbonyl (C=O) groups excluding carboxylic acids is 1. The Morgan fingerprint density at radius 2 is 1.73 bits per heavy atom. The average Bonchev–Trinajstić information content (AvgIpc) is 2.79. The first-order valence-electron chi connectivity index (χ1n) is 9.30. The van der Waals surface area contributed by atoms with Gasteiger partial charge in [-0.1, -0.05) is 29.8 Å². The van der Waals surface area contributed by atoms with Crippen LogP contribution in [0.3, 0.4) is 0 Å². The van der Waals surface area contributed by atoms with Crippen LogP contribution in [0, 0.1) is 0 Å². The normalized spacial score (nSPS) is 10.4. The first kappa shape index (κ1) is 19.5. The second-order valence-corrected chi connectivity index (χ2v) is 6.96. The molecule has 0 saturated heterocycles. The number of benzene rings is 2. The van der Waals surface area contributed by atoms with Crippen LogP contribution in [0.15, 0.2) is 85.3 Å². The highest BCUT2D eigenvalue weighted by Gasteiger charge is 2.07. The third kappa shape index (κ3) is 4.98. The fraction of sp³-hybridized carbons (Fsp3) is 0.0435. The van der Waals surface area contributed by atoms with Crippen LogP contribution in [0.2, 0.25) is 5.02 Å². The summed E-state index contributed by atoms with van der Waals surface area (Å²) in [6.07, 6.45) is 5.12. The Morgan fingerprint density at radius 3 is 2.47 bits per heavy atom. The number of carbonyl (C=O) groups is 1. The Kier molecular flexibility index (Phi) is 5.96. The van der Waals surface area contributed by atoms with Crippen LogP contribution in [0.25, 0.3) is 11.3 Å². The summed E-state index contributed by atoms with van der Waals surface area (Å²) in [5.74, 6) is 0.322. The van der Waals surface area contributed by atoms with E-state index in [0.29, 0.717) is 23.1 Å². The van der Waals surface area contributed by atoms with Crippen LogP contribution in [0.4, 0.5) is 11.6 Å². The maximum Gasteiger partial charge on any atom is 0.251 e. The number of hydrogen-bond acceptors (Lipinski definition) is 5. The average molecular weight is 416 g/mol. The van der Waals surface area contributed by atoms with E-state index in [-0.39, 0.29) is 5.91 Å². The van der Waals surface area contributed by atoms with Gasteiger partial charge in [-0.25, -0.2) is 9.97 Å². The molecule has 0 spiro atoms. The van der Waals surface area contributed by atoms with Crippen molar-refractivity contribution in [2.24, 2.45) is 0 Å². The molecule has 0 aliphatic heterocycles. The monoisotopic (exact) mass is 415 g/mol. The van der Waals surface area contributed by atoms with Crippen LogP contribution in [-0.4, -0.2) is 20.9 Å². The molecule has 0 aliphatic rings. The number of nitrogens with one attached hydrogen (secondary N) is 2. The lowest BCUT2D eigenvalue weighted by atomic mass is 10.1. The van der Waals surface area contributed by atoms with Gasteiger partial charge < -0.3 is 10.6 Å². The summed E-state index contributed by atoms with van der Waals surface area (Å²) in [5, 5.41) is 6.72. The van der Waals surface area contributed by atoms with E-state index in [9.17, 15) is 4.79 Å². The van der Waals surface area contributed by atoms with Crippen molar-refractivity contribution in [1.82, 2.24) is 20.3 Å². The highest BCUT2D eigenvalue weighted by atomic mass is 35.5. The van der Waals surface area contributed by atoms with Gasteiger partial charge in [-0.3, -0.25) is 9.78 Å². The second kappa shape index (κ2) is 9.15. The predicted octanol–water partition coefficient (Wildman–Crippen LogP) is 4.87. The van der Waals surface area contributed by atoms with Crippen molar-refractivity contribution in [3.63, 3.8) is 0 Å². The molecule has 0 radical (unpaired) electrons. The van der Waals surface area contributed by atoms with Crippen LogP contribution in [-0.2, 0) is 6.54 Å². The van der Waals surface area contributed by atoms with E-state index in [1.54, 1.807) is 30.7 Å². The minimum Gasteiger partial charge on any atom is -0.348 e. The molecule has 0 aliphatic carbocycles. The quantitative estimate of drug-likeness (QED) is 0.469. The molecule has 0 unspecified atom stereocenters. The molecule has 2 N–H and O–H groups in total. The molecule has 7 heteroatoms. The van der Waals surface area contributed by atoms with Gasteiger partial charge in [0.2, 0.25) is 5.95 Å². The fourth-order valence-corrected chi connectivity index (χ4v) is 2.95. The topological polar surface area (TPSA) is 79.8 Å². The molecular weight excluding hydrogens is 398 g/mol. The van der Waals surface area contributed by atoms with E-state index in [1.807, 2.05) is 54.6 Å². The Morgan fingerprint density at radius 1 is 0.933 bits per heavy atom. The lowest BCUT2D eigenvalue weighted by Gasteiger charge is -2.08. The molecule has 1 amide bonds. The SMILES string of the molecule is O=C(NCc1cccnc1)c1ccc(Nc2nccc(-c3ccc(Cl)cc3)n2)cc1. The summed E-state index contributed by atoms with van der Waals surface area (Å²) < 4.78 is 0. The number of halogens is 1. The maximum absolute atomic E-state index is 12.3. The Balaban J connectivity index is 1.40. The number of nitrogens with zero attached hydrogens (tertiary/aromatic N) is 3. The highest BCUT2D eigenvalue weighted by molar-refractivity contribution is 6.30. The molecular formula is C23H18ClN5O. The number of amides is 1. The van der Waals surface area contributed by atoms with Gasteiger partial charge in [0.05, 0.1) is 5.69 Å². The number of aromatic nitrogens is 3. The van der Waals surface area contributed by atoms with Crippen molar-refractivity contribution in [2.75, 3.05) is 5.32 Å². The summed E-state index contributed by atoms with van der Waals surface area (Å²) in [6, 6.07) is 20.2. The van der Waals surface area contributed by atoms with Crippen LogP contribution in [0.5, 0.6) is 0 Å². The zero-order valence-corrected chi connectivity index (χ0v) is 16.7. The van der Waals surface area contributed by atoms with Crippen LogP contribution in [0.1, 0.15) is 15.9 Å². The van der Waals surface area contributed by atoms with Crippen molar-refractivity contribution >= 4 is 29.1 Å². The highest BCUT2D eigenvalue weighted by Crippen LogP contribution is 2.21. The van der Waals surface area contributed by atoms with E-state index >= 15 is 0 Å². The molecule has 30 heavy (non-hydrogen) atoms. The number of anilines is 2. The maximum atomic E-state index is 12.3. The first-order valence-corrected chi connectivity index (χ1v) is 9.68. The number of pyridine rings is 1. The van der Waals surface area contributed by atoms with E-state index in [4.69, 9.17) is 11.6 Å². The number of rotatable bonds is 6. The molecule has 0 atom stereocenters. The lowest BCUT2D eigenvalue weighted by Crippen LogP contribution is -2.22. The van der Waals surface area contributed by atoms with E-state index in [1.165, 1.54) is 0 Å². The van der Waals surface area contributed by atoms with E-state index < -0.39 is 0 Å². The standard InChI is InChI=1S/C23H18ClN5O/c24-19-7-3-17(4-8-19)21-11-13-26-23(29-21)28-20-9-5-18(6-10-20)22(30)27-15-16-2-1-12-25-14-16/h1-14H,15H2,(H,27,30)(H,26,28,29). The third-order valence-electron chi connectivity index (χ3n) is 4.37. The first-order chi connectivity index (χ1) is 14.7. The minimum atomic E-state index is -0.147. The number of hydrogen-bond donors (Lipinski definition) is 2. The van der Waals surface area contributed by atoms with Crippen molar-refractivity contribution in [2.45, 2.75) is 6.54 Å². The van der Waals surface area contributed by atoms with Crippen molar-refractivity contribution in [3.8, 4) is 11.3 Å². The lowest BCUT2D eigenvalue weighted by molar-refractivity contribution is 0.0951. The van der Waals surface area contributed by atoms with Crippen molar-refractivity contribution in [1.29, 1.82) is 0 Å². The molecule has 4 aromatic rings.